The van der Waals surface area contributed by atoms with Gasteiger partial charge in [0.05, 0.1) is 0 Å². The van der Waals surface area contributed by atoms with Crippen LogP contribution in [0, 0.1) is 5.92 Å². The van der Waals surface area contributed by atoms with E-state index in [0.29, 0.717) is 24.7 Å². The highest BCUT2D eigenvalue weighted by Gasteiger charge is 2.33. The van der Waals surface area contributed by atoms with Gasteiger partial charge in [-0.15, -0.1) is 0 Å². The van der Waals surface area contributed by atoms with Gasteiger partial charge in [-0.05, 0) is 62.4 Å². The van der Waals surface area contributed by atoms with Crippen molar-refractivity contribution in [3.05, 3.63) is 53.1 Å². The van der Waals surface area contributed by atoms with Crippen molar-refractivity contribution in [2.45, 2.75) is 31.7 Å². The number of piperidine rings is 1. The molecule has 8 heteroatoms. The number of anilines is 2. The molecule has 3 heterocycles. The molecule has 1 amide bonds. The fourth-order valence-corrected chi connectivity index (χ4v) is 4.41. The molecular weight excluding hydrogens is 416 g/mol. The summed E-state index contributed by atoms with van der Waals surface area (Å²) in [6.45, 7) is 2.92. The molecule has 4 rings (SSSR count). The number of aromatic nitrogens is 2. The fraction of sp³-hybridized carbons (Fsp3) is 0.480. The van der Waals surface area contributed by atoms with Gasteiger partial charge in [0.25, 0.3) is 5.56 Å². The van der Waals surface area contributed by atoms with Crippen molar-refractivity contribution >= 4 is 17.4 Å². The zero-order valence-corrected chi connectivity index (χ0v) is 19.5. The van der Waals surface area contributed by atoms with Crippen LogP contribution in [0.4, 0.5) is 11.5 Å². The largest absolute Gasteiger partial charge is 0.373 e. The van der Waals surface area contributed by atoms with Crippen molar-refractivity contribution in [1.29, 1.82) is 0 Å². The molecule has 0 aromatic carbocycles. The molecule has 3 N–H and O–H groups in total. The third kappa shape index (κ3) is 5.82. The summed E-state index contributed by atoms with van der Waals surface area (Å²) in [5.74, 6) is 1.44. The molecule has 1 atom stereocenters. The average molecular weight is 451 g/mol. The lowest BCUT2D eigenvalue weighted by Gasteiger charge is -2.40. The summed E-state index contributed by atoms with van der Waals surface area (Å²) < 4.78 is 0. The van der Waals surface area contributed by atoms with Crippen molar-refractivity contribution < 1.29 is 4.79 Å². The third-order valence-electron chi connectivity index (χ3n) is 6.43. The first-order chi connectivity index (χ1) is 16.1. The number of nitrogens with zero attached hydrogens (tertiary/aromatic N) is 3. The Balaban J connectivity index is 1.60. The quantitative estimate of drug-likeness (QED) is 0.508. The van der Waals surface area contributed by atoms with Crippen LogP contribution in [-0.2, 0) is 4.79 Å². The van der Waals surface area contributed by atoms with E-state index in [0.717, 1.165) is 42.9 Å². The molecule has 8 nitrogen and oxygen atoms in total. The molecule has 33 heavy (non-hydrogen) atoms. The Morgan fingerprint density at radius 2 is 2.12 bits per heavy atom. The molecule has 0 bridgehead atoms. The molecule has 0 spiro atoms. The molecule has 1 saturated heterocycles. The van der Waals surface area contributed by atoms with Crippen molar-refractivity contribution in [3.8, 4) is 11.1 Å². The normalized spacial score (nSPS) is 18.5. The van der Waals surface area contributed by atoms with Crippen LogP contribution >= 0.6 is 0 Å². The third-order valence-corrected chi connectivity index (χ3v) is 6.43. The van der Waals surface area contributed by atoms with Crippen LogP contribution in [0.15, 0.2) is 47.5 Å². The van der Waals surface area contributed by atoms with E-state index in [1.165, 1.54) is 12.8 Å². The zero-order chi connectivity index (χ0) is 23.2. The second-order valence-corrected chi connectivity index (χ2v) is 8.92. The second-order valence-electron chi connectivity index (χ2n) is 8.92. The molecule has 176 valence electrons. The minimum Gasteiger partial charge on any atom is -0.373 e. The molecule has 2 aromatic rings. The first-order valence-electron chi connectivity index (χ1n) is 11.8. The van der Waals surface area contributed by atoms with Gasteiger partial charge in [-0.1, -0.05) is 6.08 Å². The number of aromatic amines is 1. The Kier molecular flexibility index (Phi) is 7.44. The summed E-state index contributed by atoms with van der Waals surface area (Å²) in [6, 6.07) is 6.04. The Morgan fingerprint density at radius 1 is 1.27 bits per heavy atom. The smallest absolute Gasteiger partial charge is 0.271 e. The Bertz CT molecular complexity index is 1050. The number of likely N-dealkylation sites (N-methyl/N-ethyl adjacent to an activating group) is 1. The van der Waals surface area contributed by atoms with Gasteiger partial charge in [0.2, 0.25) is 5.91 Å². The average Bonchev–Trinajstić information content (AvgIpc) is 3.67. The summed E-state index contributed by atoms with van der Waals surface area (Å²) in [7, 11) is 3.70. The zero-order valence-electron chi connectivity index (χ0n) is 19.5. The van der Waals surface area contributed by atoms with Gasteiger partial charge in [0.1, 0.15) is 11.5 Å². The summed E-state index contributed by atoms with van der Waals surface area (Å²) in [4.78, 5) is 37.1. The van der Waals surface area contributed by atoms with Crippen molar-refractivity contribution in [2.75, 3.05) is 50.5 Å². The van der Waals surface area contributed by atoms with Crippen LogP contribution in [0.5, 0.6) is 0 Å². The van der Waals surface area contributed by atoms with Crippen molar-refractivity contribution in [2.24, 2.45) is 5.92 Å². The number of carbonyl (C=O) groups is 1. The SMILES string of the molecule is CNCC=CC(=O)N1CCC[C@@H](N(CC2CC2)c2cc(-c3ccnc(NC)c3)c[nH]c2=O)C1. The minimum atomic E-state index is -0.0836. The first kappa shape index (κ1) is 23.0. The molecule has 2 fully saturated rings. The standard InChI is InChI=1S/C25H34N6O2/c1-26-10-3-6-24(32)30-12-4-5-21(17-30)31(16-18-7-8-18)22-13-20(15-29-25(22)33)19-9-11-28-23(14-19)27-2/h3,6,9,11,13-15,18,21,26H,4-5,7-8,10,12,16-17H2,1-2H3,(H,27,28)(H,29,33)/t21-/m1/s1. The highest BCUT2D eigenvalue weighted by molar-refractivity contribution is 5.87. The van der Waals surface area contributed by atoms with Crippen molar-refractivity contribution in [1.82, 2.24) is 20.2 Å². The van der Waals surface area contributed by atoms with E-state index in [1.54, 1.807) is 18.5 Å². The number of amides is 1. The number of likely N-dealkylation sites (tertiary alicyclic amines) is 1. The minimum absolute atomic E-state index is 0.0420. The van der Waals surface area contributed by atoms with E-state index < -0.39 is 0 Å². The molecule has 0 unspecified atom stereocenters. The Morgan fingerprint density at radius 3 is 2.88 bits per heavy atom. The molecule has 2 aromatic heterocycles. The van der Waals surface area contributed by atoms with Gasteiger partial charge < -0.3 is 25.4 Å². The lowest BCUT2D eigenvalue weighted by atomic mass is 10.0. The maximum Gasteiger partial charge on any atom is 0.271 e. The fourth-order valence-electron chi connectivity index (χ4n) is 4.41. The number of carbonyl (C=O) groups excluding carboxylic acids is 1. The van der Waals surface area contributed by atoms with E-state index in [9.17, 15) is 9.59 Å². The Hall–Kier alpha value is -3.13. The second kappa shape index (κ2) is 10.7. The van der Waals surface area contributed by atoms with E-state index in [1.807, 2.05) is 43.3 Å². The van der Waals surface area contributed by atoms with Crippen LogP contribution in [0.3, 0.4) is 0 Å². The maximum atomic E-state index is 13.0. The van der Waals surface area contributed by atoms with Gasteiger partial charge in [0, 0.05) is 63.3 Å². The lowest BCUT2D eigenvalue weighted by Crippen LogP contribution is -2.51. The number of pyridine rings is 2. The maximum absolute atomic E-state index is 13.0. The molecule has 1 saturated carbocycles. The summed E-state index contributed by atoms with van der Waals surface area (Å²) >= 11 is 0. The first-order valence-corrected chi connectivity index (χ1v) is 11.8. The summed E-state index contributed by atoms with van der Waals surface area (Å²) in [5, 5.41) is 6.09. The number of hydrogen-bond donors (Lipinski definition) is 3. The van der Waals surface area contributed by atoms with Gasteiger partial charge in [-0.2, -0.15) is 0 Å². The van der Waals surface area contributed by atoms with Crippen LogP contribution in [-0.4, -0.2) is 67.1 Å². The predicted molar refractivity (Wildman–Crippen MR) is 133 cm³/mol. The highest BCUT2D eigenvalue weighted by Crippen LogP contribution is 2.34. The van der Waals surface area contributed by atoms with Crippen LogP contribution in [0.25, 0.3) is 11.1 Å². The topological polar surface area (TPSA) is 93.4 Å². The number of rotatable bonds is 9. The van der Waals surface area contributed by atoms with Crippen LogP contribution in [0.2, 0.25) is 0 Å². The van der Waals surface area contributed by atoms with Gasteiger partial charge in [-0.3, -0.25) is 9.59 Å². The Labute approximate surface area is 195 Å². The van der Waals surface area contributed by atoms with Crippen molar-refractivity contribution in [3.63, 3.8) is 0 Å². The van der Waals surface area contributed by atoms with E-state index in [4.69, 9.17) is 0 Å². The highest BCUT2D eigenvalue weighted by atomic mass is 16.2. The number of hydrogen-bond acceptors (Lipinski definition) is 6. The van der Waals surface area contributed by atoms with E-state index >= 15 is 0 Å². The summed E-state index contributed by atoms with van der Waals surface area (Å²) in [6.07, 6.45) is 11.3. The number of H-pyrrole nitrogens is 1. The molecule has 1 aliphatic carbocycles. The van der Waals surface area contributed by atoms with E-state index in [-0.39, 0.29) is 17.5 Å². The number of nitrogens with one attached hydrogen (secondary N) is 3. The molecule has 2 aliphatic rings. The predicted octanol–water partition coefficient (Wildman–Crippen LogP) is 2.46. The van der Waals surface area contributed by atoms with E-state index in [2.05, 4.69) is 25.5 Å². The van der Waals surface area contributed by atoms with Crippen LogP contribution < -0.4 is 21.1 Å². The van der Waals surface area contributed by atoms with Gasteiger partial charge >= 0.3 is 0 Å². The van der Waals surface area contributed by atoms with Crippen LogP contribution in [0.1, 0.15) is 25.7 Å². The molecule has 1 aliphatic heterocycles. The van der Waals surface area contributed by atoms with Gasteiger partial charge in [-0.25, -0.2) is 4.98 Å². The monoisotopic (exact) mass is 450 g/mol. The lowest BCUT2D eigenvalue weighted by molar-refractivity contribution is -0.127. The molecular formula is C25H34N6O2. The summed E-state index contributed by atoms with van der Waals surface area (Å²) in [5.41, 5.74) is 2.54. The molecule has 0 radical (unpaired) electrons. The van der Waals surface area contributed by atoms with Gasteiger partial charge in [0.15, 0.2) is 0 Å².